The summed E-state index contributed by atoms with van der Waals surface area (Å²) in [6, 6.07) is 111. The lowest BCUT2D eigenvalue weighted by Crippen LogP contribution is -2.37. The van der Waals surface area contributed by atoms with Gasteiger partial charge in [0, 0.05) is 89.7 Å². The minimum Gasteiger partial charge on any atom is -0.309 e. The van der Waals surface area contributed by atoms with Crippen molar-refractivity contribution < 1.29 is 0 Å². The van der Waals surface area contributed by atoms with Gasteiger partial charge in [-0.1, -0.05) is 250 Å². The molecule has 0 spiro atoms. The Labute approximate surface area is 579 Å². The molecule has 9 heteroatoms. The first-order chi connectivity index (χ1) is 47.8. The lowest BCUT2D eigenvalue weighted by molar-refractivity contribution is 0.768. The van der Waals surface area contributed by atoms with Gasteiger partial charge < -0.3 is 14.4 Å². The largest absolute Gasteiger partial charge is 0.309 e. The van der Waals surface area contributed by atoms with Crippen LogP contribution < -0.4 is 20.2 Å². The van der Waals surface area contributed by atoms with E-state index in [0.29, 0.717) is 11.1 Å². The first-order valence-corrected chi connectivity index (χ1v) is 42.2. The number of rotatable bonds is 11. The maximum absolute atomic E-state index is 10.8. The molecule has 3 aromatic heterocycles. The molecule has 0 amide bonds. The summed E-state index contributed by atoms with van der Waals surface area (Å²) in [6.07, 6.45) is 0. The van der Waals surface area contributed by atoms with Crippen molar-refractivity contribution in [3.8, 4) is 29.0 Å². The first kappa shape index (κ1) is 59.4. The molecule has 98 heavy (non-hydrogen) atoms. The third-order valence-electron chi connectivity index (χ3n) is 20.6. The normalized spacial score (nSPS) is 12.9. The predicted molar refractivity (Wildman–Crippen MR) is 424 cm³/mol. The minimum absolute atomic E-state index is 0.606. The van der Waals surface area contributed by atoms with E-state index in [0.717, 1.165) is 72.4 Å². The van der Waals surface area contributed by atoms with E-state index < -0.39 is 21.6 Å². The maximum atomic E-state index is 10.8. The van der Waals surface area contributed by atoms with E-state index in [1.54, 1.807) is 0 Å². The number of fused-ring (bicyclic) bond motifs is 16. The van der Waals surface area contributed by atoms with E-state index in [4.69, 9.17) is 0 Å². The lowest BCUT2D eigenvalue weighted by Gasteiger charge is -2.33. The highest BCUT2D eigenvalue weighted by Crippen LogP contribution is 2.59. The van der Waals surface area contributed by atoms with Crippen LogP contribution in [0.15, 0.2) is 285 Å². The molecule has 0 unspecified atom stereocenters. The topological polar surface area (TPSA) is 59.0 Å². The van der Waals surface area contributed by atoms with Crippen LogP contribution in [-0.2, 0) is 5.41 Å². The number of benzene rings is 14. The Morgan fingerprint density at radius 2 is 0.755 bits per heavy atom. The van der Waals surface area contributed by atoms with E-state index in [1.165, 1.54) is 94.9 Å². The molecule has 0 saturated carbocycles. The quantitative estimate of drug-likeness (QED) is 0.121. The number of nitriles is 2. The second-order valence-electron chi connectivity index (χ2n) is 28.1. The number of anilines is 6. The molecule has 17 aromatic rings. The van der Waals surface area contributed by atoms with Crippen LogP contribution in [0.1, 0.15) is 33.4 Å². The molecule has 18 rings (SSSR count). The van der Waals surface area contributed by atoms with Crippen LogP contribution in [0.4, 0.5) is 34.1 Å². The number of aromatic nitrogens is 1. The standard InChI is InChI=1S/C89H65N5S2Si2/c1-97(2,3)63-46-41-60(42-47-63)92(75-37-21-32-65-56(54-90)23-19-34-68(65)75)77-52-79-85(87-83(77)70-30-14-17-39-81(70)95-87)86-80(94(79)62-45-50-74-72(51-62)67-29-13-16-36-73(67)89(74,58-25-9-7-10-26-58)59-27-11-8-12-28-59)53-78(84-71-31-15-18-40-82(71)96-88(84)86)93(61-43-48-64(49-44-61)98(4,5)6)76-38-22-33-66-57(55-91)24-20-35-69(66)76/h7-53H,1-6H3. The van der Waals surface area contributed by atoms with Crippen molar-refractivity contribution in [2.24, 2.45) is 0 Å². The second-order valence-corrected chi connectivity index (χ2v) is 40.4. The highest BCUT2D eigenvalue weighted by molar-refractivity contribution is 7.28. The van der Waals surface area contributed by atoms with Crippen LogP contribution in [0, 0.1) is 22.7 Å². The molecule has 0 saturated heterocycles. The average Bonchev–Trinajstić information content (AvgIpc) is 1.52. The zero-order valence-electron chi connectivity index (χ0n) is 55.2. The molecule has 14 aromatic carbocycles. The molecule has 0 bridgehead atoms. The second kappa shape index (κ2) is 22.5. The summed E-state index contributed by atoms with van der Waals surface area (Å²) in [7, 11) is -3.49. The summed E-state index contributed by atoms with van der Waals surface area (Å²) in [4.78, 5) is 4.99. The van der Waals surface area contributed by atoms with Crippen LogP contribution in [0.3, 0.4) is 0 Å². The smallest absolute Gasteiger partial charge is 0.0998 e. The number of hydrogen-bond acceptors (Lipinski definition) is 6. The third-order valence-corrected chi connectivity index (χ3v) is 27.1. The summed E-state index contributed by atoms with van der Waals surface area (Å²) in [6.45, 7) is 14.5. The molecule has 1 aliphatic carbocycles. The Morgan fingerprint density at radius 3 is 1.22 bits per heavy atom. The lowest BCUT2D eigenvalue weighted by atomic mass is 9.68. The number of thiophene rings is 2. The highest BCUT2D eigenvalue weighted by Gasteiger charge is 2.46. The summed E-state index contributed by atoms with van der Waals surface area (Å²) >= 11 is 3.76. The minimum atomic E-state index is -1.74. The molecule has 0 fully saturated rings. The fourth-order valence-electron chi connectivity index (χ4n) is 16.1. The van der Waals surface area contributed by atoms with Gasteiger partial charge >= 0.3 is 0 Å². The molecule has 5 nitrogen and oxygen atoms in total. The van der Waals surface area contributed by atoms with Gasteiger partial charge in [0.2, 0.25) is 0 Å². The van der Waals surface area contributed by atoms with E-state index in [9.17, 15) is 10.5 Å². The van der Waals surface area contributed by atoms with E-state index in [-0.39, 0.29) is 0 Å². The van der Waals surface area contributed by atoms with Gasteiger partial charge in [0.1, 0.15) is 0 Å². The summed E-state index contributed by atoms with van der Waals surface area (Å²) < 4.78 is 7.41. The fourth-order valence-corrected chi connectivity index (χ4v) is 21.0. The molecule has 0 radical (unpaired) electrons. The van der Waals surface area contributed by atoms with Crippen LogP contribution in [-0.4, -0.2) is 20.7 Å². The monoisotopic (exact) mass is 1320 g/mol. The van der Waals surface area contributed by atoms with Gasteiger partial charge in [-0.2, -0.15) is 10.5 Å². The van der Waals surface area contributed by atoms with Gasteiger partial charge in [-0.25, -0.2) is 0 Å². The number of nitrogens with zero attached hydrogens (tertiary/aromatic N) is 5. The van der Waals surface area contributed by atoms with Crippen molar-refractivity contribution in [1.29, 1.82) is 10.5 Å². The fraction of sp³-hybridized carbons (Fsp3) is 0.0787. The van der Waals surface area contributed by atoms with Gasteiger partial charge in [-0.3, -0.25) is 0 Å². The van der Waals surface area contributed by atoms with Gasteiger partial charge in [0.25, 0.3) is 0 Å². The predicted octanol–water partition coefficient (Wildman–Crippen LogP) is 24.0. The van der Waals surface area contributed by atoms with Crippen molar-refractivity contribution in [3.05, 3.63) is 318 Å². The summed E-state index contributed by atoms with van der Waals surface area (Å²) in [5, 5.41) is 35.2. The Bertz CT molecular complexity index is 5910. The van der Waals surface area contributed by atoms with Crippen molar-refractivity contribution >= 4 is 167 Å². The van der Waals surface area contributed by atoms with Gasteiger partial charge in [-0.15, -0.1) is 22.7 Å². The summed E-state index contributed by atoms with van der Waals surface area (Å²) in [5.74, 6) is 0. The highest BCUT2D eigenvalue weighted by atomic mass is 32.1. The molecule has 0 N–H and O–H groups in total. The van der Waals surface area contributed by atoms with Crippen molar-refractivity contribution in [2.45, 2.75) is 44.7 Å². The van der Waals surface area contributed by atoms with Crippen molar-refractivity contribution in [3.63, 3.8) is 0 Å². The Morgan fingerprint density at radius 1 is 0.347 bits per heavy atom. The van der Waals surface area contributed by atoms with Crippen LogP contribution >= 0.6 is 22.7 Å². The molecule has 1 aliphatic rings. The average molecular weight is 1320 g/mol. The van der Waals surface area contributed by atoms with Gasteiger partial charge in [0.05, 0.1) is 78.6 Å². The van der Waals surface area contributed by atoms with E-state index in [1.807, 2.05) is 46.9 Å². The molecule has 0 atom stereocenters. The van der Waals surface area contributed by atoms with Crippen LogP contribution in [0.5, 0.6) is 0 Å². The van der Waals surface area contributed by atoms with Crippen LogP contribution in [0.2, 0.25) is 39.3 Å². The van der Waals surface area contributed by atoms with Crippen LogP contribution in [0.25, 0.3) is 101 Å². The molecule has 466 valence electrons. The SMILES string of the molecule is C[Si](C)(C)c1ccc(N(c2cccc3c(C#N)cccc23)c2cc3c(c4sc5ccccc5c24)c2c4sc5ccccc5c4c(N(c4ccc([Si](C)(C)C)cc4)c4cccc5c(C#N)cccc45)cc2n3-c2ccc3c(c2)-c2ccccc2C3(c2ccccc2)c2ccccc2)cc1. The van der Waals surface area contributed by atoms with Gasteiger partial charge in [0.15, 0.2) is 0 Å². The first-order valence-electron chi connectivity index (χ1n) is 33.6. The maximum Gasteiger partial charge on any atom is 0.0998 e. The van der Waals surface area contributed by atoms with E-state index in [2.05, 4.69) is 327 Å². The molecular formula is C89H65N5S2Si2. The van der Waals surface area contributed by atoms with Crippen molar-refractivity contribution in [1.82, 2.24) is 4.57 Å². The molecule has 0 aliphatic heterocycles. The Hall–Kier alpha value is -11.1. The summed E-state index contributed by atoms with van der Waals surface area (Å²) in [5.41, 5.74) is 17.3. The van der Waals surface area contributed by atoms with Crippen molar-refractivity contribution in [2.75, 3.05) is 9.80 Å². The Balaban J connectivity index is 1.04. The zero-order chi connectivity index (χ0) is 66.3. The molecular weight excluding hydrogens is 1260 g/mol. The van der Waals surface area contributed by atoms with E-state index >= 15 is 0 Å². The Kier molecular flexibility index (Phi) is 13.6. The molecule has 3 heterocycles. The number of hydrogen-bond donors (Lipinski definition) is 0. The van der Waals surface area contributed by atoms with Gasteiger partial charge in [-0.05, 0) is 118 Å². The zero-order valence-corrected chi connectivity index (χ0v) is 58.8. The third kappa shape index (κ3) is 8.90.